The van der Waals surface area contributed by atoms with E-state index in [0.717, 1.165) is 5.56 Å². The largest absolute Gasteiger partial charge is 0.322 e. The number of carbonyl (C=O) groups is 1. The molecule has 124 valence electrons. The summed E-state index contributed by atoms with van der Waals surface area (Å²) < 4.78 is 26.5. The summed E-state index contributed by atoms with van der Waals surface area (Å²) in [5.41, 5.74) is 6.37. The van der Waals surface area contributed by atoms with Gasteiger partial charge in [0.1, 0.15) is 18.0 Å². The molecule has 0 aliphatic carbocycles. The molecule has 1 aromatic rings. The van der Waals surface area contributed by atoms with E-state index in [4.69, 9.17) is 11.0 Å². The lowest BCUT2D eigenvalue weighted by Gasteiger charge is -2.34. The highest BCUT2D eigenvalue weighted by molar-refractivity contribution is 5.83. The number of amides is 1. The zero-order valence-electron chi connectivity index (χ0n) is 13.3. The Balaban J connectivity index is 2.11. The highest BCUT2D eigenvalue weighted by Crippen LogP contribution is 2.29. The molecule has 4 nitrogen and oxygen atoms in total. The SMILES string of the molecule is CC(C)(Cc1ccc(F)cc1)C(N)C(=O)N1CC(F)CC1C#N. The molecule has 0 aromatic heterocycles. The van der Waals surface area contributed by atoms with Crippen LogP contribution in [-0.2, 0) is 11.2 Å². The predicted octanol–water partition coefficient (Wildman–Crippen LogP) is 2.18. The number of alkyl halides is 1. The zero-order valence-corrected chi connectivity index (χ0v) is 13.3. The van der Waals surface area contributed by atoms with Crippen LogP contribution in [-0.4, -0.2) is 35.6 Å². The van der Waals surface area contributed by atoms with Crippen LogP contribution >= 0.6 is 0 Å². The Labute approximate surface area is 134 Å². The molecule has 0 spiro atoms. The molecule has 23 heavy (non-hydrogen) atoms. The van der Waals surface area contributed by atoms with Crippen LogP contribution in [0.15, 0.2) is 24.3 Å². The van der Waals surface area contributed by atoms with Gasteiger partial charge >= 0.3 is 0 Å². The van der Waals surface area contributed by atoms with Gasteiger partial charge in [-0.05, 0) is 29.5 Å². The minimum absolute atomic E-state index is 0.0351. The Bertz CT molecular complexity index is 609. The van der Waals surface area contributed by atoms with Crippen molar-refractivity contribution in [2.45, 2.75) is 44.9 Å². The molecule has 1 aliphatic rings. The topological polar surface area (TPSA) is 70.1 Å². The number of hydrogen-bond donors (Lipinski definition) is 1. The van der Waals surface area contributed by atoms with Crippen LogP contribution in [0.5, 0.6) is 0 Å². The molecule has 6 heteroatoms. The van der Waals surface area contributed by atoms with Crippen molar-refractivity contribution < 1.29 is 13.6 Å². The Morgan fingerprint density at radius 3 is 2.65 bits per heavy atom. The van der Waals surface area contributed by atoms with Crippen molar-refractivity contribution in [3.8, 4) is 6.07 Å². The number of likely N-dealkylation sites (tertiary alicyclic amines) is 1. The van der Waals surface area contributed by atoms with E-state index in [0.29, 0.717) is 6.42 Å². The molecule has 1 aliphatic heterocycles. The Hall–Kier alpha value is -2.00. The second-order valence-corrected chi connectivity index (χ2v) is 6.74. The Morgan fingerprint density at radius 2 is 2.09 bits per heavy atom. The number of halogens is 2. The molecule has 0 bridgehead atoms. The van der Waals surface area contributed by atoms with Gasteiger partial charge in [-0.15, -0.1) is 0 Å². The molecule has 1 aromatic carbocycles. The van der Waals surface area contributed by atoms with Crippen molar-refractivity contribution in [3.05, 3.63) is 35.6 Å². The van der Waals surface area contributed by atoms with Crippen LogP contribution in [0.4, 0.5) is 8.78 Å². The van der Waals surface area contributed by atoms with E-state index < -0.39 is 29.6 Å². The highest BCUT2D eigenvalue weighted by Gasteiger charge is 2.41. The third-order valence-electron chi connectivity index (χ3n) is 4.36. The summed E-state index contributed by atoms with van der Waals surface area (Å²) in [4.78, 5) is 13.8. The molecule has 1 heterocycles. The fraction of sp³-hybridized carbons (Fsp3) is 0.529. The second-order valence-electron chi connectivity index (χ2n) is 6.74. The van der Waals surface area contributed by atoms with Gasteiger partial charge < -0.3 is 10.6 Å². The van der Waals surface area contributed by atoms with Crippen LogP contribution in [0.2, 0.25) is 0 Å². The summed E-state index contributed by atoms with van der Waals surface area (Å²) in [5, 5.41) is 9.06. The lowest BCUT2D eigenvalue weighted by atomic mass is 9.78. The molecule has 0 radical (unpaired) electrons. The number of carbonyl (C=O) groups excluding carboxylic acids is 1. The number of nitrogens with two attached hydrogens (primary N) is 1. The van der Waals surface area contributed by atoms with Crippen molar-refractivity contribution in [2.75, 3.05) is 6.54 Å². The average Bonchev–Trinajstić information content (AvgIpc) is 2.89. The molecule has 2 rings (SSSR count). The maximum absolute atomic E-state index is 13.5. The first kappa shape index (κ1) is 17.4. The minimum atomic E-state index is -1.18. The Morgan fingerprint density at radius 1 is 1.48 bits per heavy atom. The van der Waals surface area contributed by atoms with Crippen LogP contribution in [0.3, 0.4) is 0 Å². The van der Waals surface area contributed by atoms with E-state index in [1.807, 2.05) is 19.9 Å². The molecule has 3 atom stereocenters. The summed E-state index contributed by atoms with van der Waals surface area (Å²) in [6.45, 7) is 3.59. The van der Waals surface area contributed by atoms with Crippen molar-refractivity contribution in [1.82, 2.24) is 4.90 Å². The van der Waals surface area contributed by atoms with Gasteiger partial charge in [0.25, 0.3) is 0 Å². The van der Waals surface area contributed by atoms with E-state index in [1.165, 1.54) is 17.0 Å². The van der Waals surface area contributed by atoms with Gasteiger partial charge in [0.2, 0.25) is 5.91 Å². The maximum Gasteiger partial charge on any atom is 0.241 e. The molecule has 0 saturated carbocycles. The van der Waals surface area contributed by atoms with Gasteiger partial charge in [0.05, 0.1) is 18.7 Å². The van der Waals surface area contributed by atoms with Crippen molar-refractivity contribution in [1.29, 1.82) is 5.26 Å². The minimum Gasteiger partial charge on any atom is -0.322 e. The maximum atomic E-state index is 13.5. The van der Waals surface area contributed by atoms with Crippen LogP contribution in [0.1, 0.15) is 25.8 Å². The van der Waals surface area contributed by atoms with Crippen LogP contribution < -0.4 is 5.73 Å². The molecule has 2 N–H and O–H groups in total. The lowest BCUT2D eigenvalue weighted by molar-refractivity contribution is -0.135. The normalized spacial score (nSPS) is 22.7. The van der Waals surface area contributed by atoms with Crippen LogP contribution in [0.25, 0.3) is 0 Å². The molecule has 1 saturated heterocycles. The first-order valence-electron chi connectivity index (χ1n) is 7.59. The van der Waals surface area contributed by atoms with E-state index in [9.17, 15) is 13.6 Å². The molecule has 1 fully saturated rings. The molecular weight excluding hydrogens is 300 g/mol. The summed E-state index contributed by atoms with van der Waals surface area (Å²) in [6, 6.07) is 6.35. The standard InChI is InChI=1S/C17H21F2N3O/c1-17(2,8-11-3-5-12(18)6-4-11)15(21)16(23)22-10-13(19)7-14(22)9-20/h3-6,13-15H,7-8,10,21H2,1-2H3. The average molecular weight is 321 g/mol. The summed E-state index contributed by atoms with van der Waals surface area (Å²) >= 11 is 0. The van der Waals surface area contributed by atoms with Gasteiger partial charge in [-0.2, -0.15) is 5.26 Å². The van der Waals surface area contributed by atoms with E-state index >= 15 is 0 Å². The summed E-state index contributed by atoms with van der Waals surface area (Å²) in [5.74, 6) is -0.737. The van der Waals surface area contributed by atoms with Crippen LogP contribution in [0, 0.1) is 22.6 Å². The molecular formula is C17H21F2N3O. The first-order chi connectivity index (χ1) is 10.7. The fourth-order valence-electron chi connectivity index (χ4n) is 2.90. The van der Waals surface area contributed by atoms with Crippen molar-refractivity contribution in [3.63, 3.8) is 0 Å². The smallest absolute Gasteiger partial charge is 0.241 e. The van der Waals surface area contributed by atoms with Crippen molar-refractivity contribution in [2.24, 2.45) is 11.1 Å². The first-order valence-corrected chi connectivity index (χ1v) is 7.59. The zero-order chi connectivity index (χ0) is 17.2. The van der Waals surface area contributed by atoms with Gasteiger partial charge in [0.15, 0.2) is 0 Å². The number of rotatable bonds is 4. The highest BCUT2D eigenvalue weighted by atomic mass is 19.1. The van der Waals surface area contributed by atoms with E-state index in [-0.39, 0.29) is 18.8 Å². The van der Waals surface area contributed by atoms with E-state index in [2.05, 4.69) is 0 Å². The van der Waals surface area contributed by atoms with E-state index in [1.54, 1.807) is 12.1 Å². The second kappa shape index (κ2) is 6.63. The third-order valence-corrected chi connectivity index (χ3v) is 4.36. The third kappa shape index (κ3) is 3.85. The monoisotopic (exact) mass is 321 g/mol. The fourth-order valence-corrected chi connectivity index (χ4v) is 2.90. The predicted molar refractivity (Wildman–Crippen MR) is 82.5 cm³/mol. The number of nitrogens with zero attached hydrogens (tertiary/aromatic N) is 2. The quantitative estimate of drug-likeness (QED) is 0.924. The van der Waals surface area contributed by atoms with Gasteiger partial charge in [-0.1, -0.05) is 26.0 Å². The van der Waals surface area contributed by atoms with Gasteiger partial charge in [0, 0.05) is 6.42 Å². The summed E-state index contributed by atoms with van der Waals surface area (Å²) in [7, 11) is 0. The lowest BCUT2D eigenvalue weighted by Crippen LogP contribution is -2.53. The molecule has 1 amide bonds. The molecule has 3 unspecified atom stereocenters. The number of nitriles is 1. The van der Waals surface area contributed by atoms with Gasteiger partial charge in [-0.3, -0.25) is 4.79 Å². The van der Waals surface area contributed by atoms with Gasteiger partial charge in [-0.25, -0.2) is 8.78 Å². The van der Waals surface area contributed by atoms with Crippen molar-refractivity contribution >= 4 is 5.91 Å². The Kier molecular flexibility index (Phi) is 5.00. The summed E-state index contributed by atoms with van der Waals surface area (Å²) in [6.07, 6.45) is -0.673. The number of hydrogen-bond acceptors (Lipinski definition) is 3. The number of benzene rings is 1.